The molecule has 0 saturated carbocycles. The van der Waals surface area contributed by atoms with E-state index in [-0.39, 0.29) is 16.2 Å². The minimum absolute atomic E-state index is 0.0545. The van der Waals surface area contributed by atoms with E-state index in [1.165, 1.54) is 4.31 Å². The summed E-state index contributed by atoms with van der Waals surface area (Å²) in [5.74, 6) is 1.84. The SMILES string of the molecule is CC(C)(C)c1ccc(OCC2CCN(S(=O)(=O)c3ccc4c(c3)OCCO4)CC2)nn1. The zero-order valence-corrected chi connectivity index (χ0v) is 19.0. The lowest BCUT2D eigenvalue weighted by Crippen LogP contribution is -2.39. The maximum absolute atomic E-state index is 13.1. The van der Waals surface area contributed by atoms with Gasteiger partial charge < -0.3 is 14.2 Å². The molecule has 31 heavy (non-hydrogen) atoms. The van der Waals surface area contributed by atoms with E-state index in [2.05, 4.69) is 31.0 Å². The summed E-state index contributed by atoms with van der Waals surface area (Å²) in [6.07, 6.45) is 1.47. The van der Waals surface area contributed by atoms with Gasteiger partial charge in [0.2, 0.25) is 15.9 Å². The normalized spacial score (nSPS) is 18.0. The largest absolute Gasteiger partial charge is 0.486 e. The molecule has 1 saturated heterocycles. The topological polar surface area (TPSA) is 90.9 Å². The highest BCUT2D eigenvalue weighted by molar-refractivity contribution is 7.89. The fourth-order valence-corrected chi connectivity index (χ4v) is 5.14. The number of nitrogens with zero attached hydrogens (tertiary/aromatic N) is 3. The van der Waals surface area contributed by atoms with Crippen LogP contribution in [0.3, 0.4) is 0 Å². The number of rotatable bonds is 5. The van der Waals surface area contributed by atoms with Crippen molar-refractivity contribution >= 4 is 10.0 Å². The lowest BCUT2D eigenvalue weighted by molar-refractivity contribution is 0.170. The first-order valence-corrected chi connectivity index (χ1v) is 12.0. The molecule has 0 unspecified atom stereocenters. The molecule has 9 heteroatoms. The highest BCUT2D eigenvalue weighted by Crippen LogP contribution is 2.34. The highest BCUT2D eigenvalue weighted by Gasteiger charge is 2.31. The van der Waals surface area contributed by atoms with Crippen molar-refractivity contribution < 1.29 is 22.6 Å². The van der Waals surface area contributed by atoms with Gasteiger partial charge in [-0.2, -0.15) is 9.40 Å². The summed E-state index contributed by atoms with van der Waals surface area (Å²) < 4.78 is 44.5. The Labute approximate surface area is 183 Å². The van der Waals surface area contributed by atoms with Crippen LogP contribution < -0.4 is 14.2 Å². The molecule has 0 bridgehead atoms. The number of fused-ring (bicyclic) bond motifs is 1. The maximum atomic E-state index is 13.1. The van der Waals surface area contributed by atoms with Crippen LogP contribution in [0.15, 0.2) is 35.2 Å². The van der Waals surface area contributed by atoms with Gasteiger partial charge in [0.15, 0.2) is 11.5 Å². The van der Waals surface area contributed by atoms with Gasteiger partial charge >= 0.3 is 0 Å². The van der Waals surface area contributed by atoms with Crippen molar-refractivity contribution in [3.05, 3.63) is 36.0 Å². The lowest BCUT2D eigenvalue weighted by atomic mass is 9.92. The van der Waals surface area contributed by atoms with Gasteiger partial charge in [-0.15, -0.1) is 5.10 Å². The monoisotopic (exact) mass is 447 g/mol. The van der Waals surface area contributed by atoms with Crippen LogP contribution in [-0.2, 0) is 15.4 Å². The van der Waals surface area contributed by atoms with Crippen molar-refractivity contribution in [2.45, 2.75) is 43.9 Å². The van der Waals surface area contributed by atoms with Crippen molar-refractivity contribution in [3.63, 3.8) is 0 Å². The van der Waals surface area contributed by atoms with E-state index in [9.17, 15) is 8.42 Å². The molecular formula is C22H29N3O5S. The molecule has 1 aromatic carbocycles. The third-order valence-corrected chi connectivity index (χ3v) is 7.49. The van der Waals surface area contributed by atoms with E-state index in [0.717, 1.165) is 18.5 Å². The summed E-state index contributed by atoms with van der Waals surface area (Å²) in [6, 6.07) is 8.57. The predicted molar refractivity (Wildman–Crippen MR) is 115 cm³/mol. The Kier molecular flexibility index (Phi) is 6.07. The van der Waals surface area contributed by atoms with Crippen LogP contribution in [0.4, 0.5) is 0 Å². The second-order valence-corrected chi connectivity index (χ2v) is 10.9. The van der Waals surface area contributed by atoms with Gasteiger partial charge in [0.05, 0.1) is 17.2 Å². The average Bonchev–Trinajstić information content (AvgIpc) is 2.77. The fourth-order valence-electron chi connectivity index (χ4n) is 3.65. The molecule has 0 N–H and O–H groups in total. The Morgan fingerprint density at radius 1 is 1.03 bits per heavy atom. The van der Waals surface area contributed by atoms with Crippen LogP contribution in [0.1, 0.15) is 39.3 Å². The smallest absolute Gasteiger partial charge is 0.243 e. The number of piperidine rings is 1. The molecule has 0 atom stereocenters. The van der Waals surface area contributed by atoms with Crippen LogP contribution in [0, 0.1) is 5.92 Å². The van der Waals surface area contributed by atoms with Crippen LogP contribution >= 0.6 is 0 Å². The molecule has 168 valence electrons. The third-order valence-electron chi connectivity index (χ3n) is 5.60. The Morgan fingerprint density at radius 2 is 1.74 bits per heavy atom. The summed E-state index contributed by atoms with van der Waals surface area (Å²) in [5.41, 5.74) is 0.860. The number of hydrogen-bond donors (Lipinski definition) is 0. The summed E-state index contributed by atoms with van der Waals surface area (Å²) in [5, 5.41) is 8.40. The van der Waals surface area contributed by atoms with E-state index in [0.29, 0.717) is 50.3 Å². The third kappa shape index (κ3) is 4.93. The zero-order valence-electron chi connectivity index (χ0n) is 18.2. The molecule has 0 spiro atoms. The van der Waals surface area contributed by atoms with E-state index >= 15 is 0 Å². The molecule has 2 aliphatic heterocycles. The number of aromatic nitrogens is 2. The van der Waals surface area contributed by atoms with Crippen LogP contribution in [0.25, 0.3) is 0 Å². The summed E-state index contributed by atoms with van der Waals surface area (Å²) >= 11 is 0. The lowest BCUT2D eigenvalue weighted by Gasteiger charge is -2.31. The van der Waals surface area contributed by atoms with Gasteiger partial charge in [-0.1, -0.05) is 20.8 Å². The van der Waals surface area contributed by atoms with Gasteiger partial charge in [0.1, 0.15) is 13.2 Å². The fraction of sp³-hybridized carbons (Fsp3) is 0.545. The molecule has 8 nitrogen and oxygen atoms in total. The van der Waals surface area contributed by atoms with Gasteiger partial charge in [-0.3, -0.25) is 0 Å². The van der Waals surface area contributed by atoms with E-state index < -0.39 is 10.0 Å². The van der Waals surface area contributed by atoms with Gasteiger partial charge in [-0.05, 0) is 37.0 Å². The van der Waals surface area contributed by atoms with Gasteiger partial charge in [-0.25, -0.2) is 8.42 Å². The Bertz CT molecular complexity index is 1010. The second-order valence-electron chi connectivity index (χ2n) is 8.97. The average molecular weight is 448 g/mol. The van der Waals surface area contributed by atoms with Gasteiger partial charge in [0.25, 0.3) is 0 Å². The van der Waals surface area contributed by atoms with Crippen molar-refractivity contribution in [1.29, 1.82) is 0 Å². The summed E-state index contributed by atoms with van der Waals surface area (Å²) in [6.45, 7) is 8.57. The van der Waals surface area contributed by atoms with E-state index in [4.69, 9.17) is 14.2 Å². The molecule has 0 aliphatic carbocycles. The van der Waals surface area contributed by atoms with Crippen LogP contribution in [0.5, 0.6) is 17.4 Å². The van der Waals surface area contributed by atoms with E-state index in [1.807, 2.05) is 12.1 Å². The minimum Gasteiger partial charge on any atom is -0.486 e. The molecule has 2 aliphatic rings. The highest BCUT2D eigenvalue weighted by atomic mass is 32.2. The van der Waals surface area contributed by atoms with Crippen molar-refractivity contribution in [2.24, 2.45) is 5.92 Å². The first-order valence-electron chi connectivity index (χ1n) is 10.6. The predicted octanol–water partition coefficient (Wildman–Crippen LogP) is 3.03. The molecule has 4 rings (SSSR count). The van der Waals surface area contributed by atoms with Crippen molar-refractivity contribution in [3.8, 4) is 17.4 Å². The van der Waals surface area contributed by atoms with Crippen LogP contribution in [0.2, 0.25) is 0 Å². The molecule has 1 aromatic heterocycles. The first-order chi connectivity index (χ1) is 14.7. The summed E-state index contributed by atoms with van der Waals surface area (Å²) in [7, 11) is -3.57. The Morgan fingerprint density at radius 3 is 2.39 bits per heavy atom. The maximum Gasteiger partial charge on any atom is 0.243 e. The van der Waals surface area contributed by atoms with Crippen LogP contribution in [-0.4, -0.2) is 55.8 Å². The molecule has 2 aromatic rings. The number of ether oxygens (including phenoxy) is 3. The first kappa shape index (κ1) is 21.8. The quantitative estimate of drug-likeness (QED) is 0.696. The Balaban J connectivity index is 1.32. The minimum atomic E-state index is -3.57. The molecule has 1 fully saturated rings. The van der Waals surface area contributed by atoms with Crippen molar-refractivity contribution in [1.82, 2.24) is 14.5 Å². The zero-order chi connectivity index (χ0) is 22.1. The number of benzene rings is 1. The van der Waals surface area contributed by atoms with Crippen molar-refractivity contribution in [2.75, 3.05) is 32.9 Å². The number of hydrogen-bond acceptors (Lipinski definition) is 7. The molecule has 0 radical (unpaired) electrons. The standard InChI is InChI=1S/C22H29N3O5S/c1-22(2,3)20-6-7-21(24-23-20)30-15-16-8-10-25(11-9-16)31(26,27)17-4-5-18-19(14-17)29-13-12-28-18/h4-7,14,16H,8-13,15H2,1-3H3. The molecule has 3 heterocycles. The molecule has 0 amide bonds. The Hall–Kier alpha value is -2.39. The number of sulfonamides is 1. The summed E-state index contributed by atoms with van der Waals surface area (Å²) in [4.78, 5) is 0.237. The second kappa shape index (κ2) is 8.63. The van der Waals surface area contributed by atoms with Gasteiger partial charge in [0, 0.05) is 30.6 Å². The van der Waals surface area contributed by atoms with E-state index in [1.54, 1.807) is 18.2 Å². The molecular weight excluding hydrogens is 418 g/mol.